The minimum atomic E-state index is -0.318. The van der Waals surface area contributed by atoms with Crippen LogP contribution in [0.4, 0.5) is 11.4 Å². The first-order valence-corrected chi connectivity index (χ1v) is 24.8. The van der Waals surface area contributed by atoms with Gasteiger partial charge in [-0.3, -0.25) is 4.57 Å². The second kappa shape index (κ2) is 17.1. The predicted molar refractivity (Wildman–Crippen MR) is 293 cm³/mol. The highest BCUT2D eigenvalue weighted by atomic mass is 16.5. The largest absolute Gasteiger partial charge is 0.457 e. The van der Waals surface area contributed by atoms with Gasteiger partial charge < -0.3 is 14.5 Å². The van der Waals surface area contributed by atoms with Gasteiger partial charge in [-0.15, -0.1) is 0 Å². The van der Waals surface area contributed by atoms with E-state index in [1.807, 2.05) is 6.20 Å². The van der Waals surface area contributed by atoms with Crippen molar-refractivity contribution in [3.8, 4) is 17.3 Å². The van der Waals surface area contributed by atoms with E-state index in [4.69, 9.17) is 9.72 Å². The second-order valence-electron chi connectivity index (χ2n) is 23.6. The van der Waals surface area contributed by atoms with Gasteiger partial charge in [-0.1, -0.05) is 175 Å². The first-order valence-electron chi connectivity index (χ1n) is 24.8. The standard InChI is InChI=1S/C64H72N4O/c1-42-43(2)67(41-66(42)50-33-47(60(3,4)5)32-48(34-50)61(6,7)8)51-35-49(64(14,15)45-26-20-17-21-27-45)36-52(38-51)69-53-39-55(62(9,10)11)59-54-28-22-23-29-56(54)68(57(59)40-53)58-37-46(30-31-65-58)63(12,13)44-24-18-16-19-25-44/h16-40H,41H2,1-15H3. The Morgan fingerprint density at radius 3 is 1.51 bits per heavy atom. The molecular formula is C64H72N4O. The third-order valence-corrected chi connectivity index (χ3v) is 15.0. The molecule has 8 aromatic rings. The van der Waals surface area contributed by atoms with E-state index in [1.54, 1.807) is 0 Å². The van der Waals surface area contributed by atoms with Crippen molar-refractivity contribution in [3.05, 3.63) is 202 Å². The molecule has 0 amide bonds. The van der Waals surface area contributed by atoms with E-state index in [2.05, 4.69) is 264 Å². The van der Waals surface area contributed by atoms with Crippen LogP contribution in [0, 0.1) is 0 Å². The third-order valence-electron chi connectivity index (χ3n) is 15.0. The van der Waals surface area contributed by atoms with Gasteiger partial charge in [-0.2, -0.15) is 0 Å². The van der Waals surface area contributed by atoms with Crippen LogP contribution < -0.4 is 14.5 Å². The summed E-state index contributed by atoms with van der Waals surface area (Å²) in [6.07, 6.45) is 1.96. The van der Waals surface area contributed by atoms with Gasteiger partial charge >= 0.3 is 0 Å². The molecule has 0 fully saturated rings. The summed E-state index contributed by atoms with van der Waals surface area (Å²) in [7, 11) is 0. The van der Waals surface area contributed by atoms with Gasteiger partial charge in [0.05, 0.1) is 17.7 Å². The van der Waals surface area contributed by atoms with Gasteiger partial charge in [-0.25, -0.2) is 4.98 Å². The molecule has 0 bridgehead atoms. The van der Waals surface area contributed by atoms with E-state index in [9.17, 15) is 0 Å². The molecule has 5 heteroatoms. The molecule has 0 saturated heterocycles. The van der Waals surface area contributed by atoms with E-state index in [1.165, 1.54) is 66.8 Å². The Labute approximate surface area is 412 Å². The van der Waals surface area contributed by atoms with Gasteiger partial charge in [0.25, 0.3) is 0 Å². The second-order valence-corrected chi connectivity index (χ2v) is 23.6. The minimum Gasteiger partial charge on any atom is -0.457 e. The van der Waals surface area contributed by atoms with Crippen LogP contribution >= 0.6 is 0 Å². The number of allylic oxidation sites excluding steroid dienone is 2. The van der Waals surface area contributed by atoms with Crippen molar-refractivity contribution in [2.75, 3.05) is 16.5 Å². The Bertz CT molecular complexity index is 3210. The maximum absolute atomic E-state index is 7.31. The molecule has 0 N–H and O–H groups in total. The zero-order chi connectivity index (χ0) is 49.4. The molecule has 69 heavy (non-hydrogen) atoms. The van der Waals surface area contributed by atoms with Crippen LogP contribution in [0.15, 0.2) is 163 Å². The van der Waals surface area contributed by atoms with Crippen molar-refractivity contribution in [2.24, 2.45) is 0 Å². The number of ether oxygens (including phenoxy) is 1. The molecule has 6 aromatic carbocycles. The Morgan fingerprint density at radius 1 is 0.435 bits per heavy atom. The number of para-hydroxylation sites is 1. The van der Waals surface area contributed by atoms with Crippen LogP contribution in [0.5, 0.6) is 11.5 Å². The van der Waals surface area contributed by atoms with Crippen LogP contribution in [0.2, 0.25) is 0 Å². The molecule has 354 valence electrons. The Hall–Kier alpha value is -6.59. The maximum atomic E-state index is 7.31. The van der Waals surface area contributed by atoms with Gasteiger partial charge in [0.2, 0.25) is 0 Å². The number of aromatic nitrogens is 2. The number of nitrogens with zero attached hydrogens (tertiary/aromatic N) is 4. The fraction of sp³-hybridized carbons (Fsp3) is 0.328. The molecule has 1 aliphatic heterocycles. The summed E-state index contributed by atoms with van der Waals surface area (Å²) in [6.45, 7) is 35.2. The average Bonchev–Trinajstić information content (AvgIpc) is 3.80. The summed E-state index contributed by atoms with van der Waals surface area (Å²) in [4.78, 5) is 10.1. The highest BCUT2D eigenvalue weighted by Crippen LogP contribution is 2.46. The lowest BCUT2D eigenvalue weighted by atomic mass is 9.78. The smallest absolute Gasteiger partial charge is 0.137 e. The summed E-state index contributed by atoms with van der Waals surface area (Å²) in [6, 6.07) is 53.4. The SMILES string of the molecule is CC1=C(C)N(c2cc(Oc3cc(C(C)(C)C)c4c5ccccc5n(-c5cc(C(C)(C)c6ccccc6)ccn5)c4c3)cc(C(C)(C)c3ccccc3)c2)CN1c1cc(C(C)(C)C)cc(C(C)(C)C)c1. The minimum absolute atomic E-state index is 0.00967. The Morgan fingerprint density at radius 2 is 0.942 bits per heavy atom. The lowest BCUT2D eigenvalue weighted by molar-refractivity contribution is 0.477. The molecule has 0 aliphatic carbocycles. The van der Waals surface area contributed by atoms with Crippen molar-refractivity contribution in [2.45, 2.75) is 131 Å². The summed E-state index contributed by atoms with van der Waals surface area (Å²) in [5, 5.41) is 2.42. The molecule has 0 spiro atoms. The maximum Gasteiger partial charge on any atom is 0.137 e. The number of anilines is 2. The molecule has 9 rings (SSSR count). The van der Waals surface area contributed by atoms with Crippen LogP contribution in [-0.2, 0) is 27.1 Å². The summed E-state index contributed by atoms with van der Waals surface area (Å²) >= 11 is 0. The molecule has 5 nitrogen and oxygen atoms in total. The van der Waals surface area contributed by atoms with E-state index in [-0.39, 0.29) is 27.1 Å². The molecule has 0 unspecified atom stereocenters. The average molecular weight is 913 g/mol. The summed E-state index contributed by atoms with van der Waals surface area (Å²) in [5.74, 6) is 2.47. The fourth-order valence-electron chi connectivity index (χ4n) is 10.2. The van der Waals surface area contributed by atoms with Crippen LogP contribution in [0.25, 0.3) is 27.6 Å². The molecule has 0 radical (unpaired) electrons. The zero-order valence-electron chi connectivity index (χ0n) is 43.8. The number of pyridine rings is 1. The third kappa shape index (κ3) is 8.86. The van der Waals surface area contributed by atoms with Crippen molar-refractivity contribution in [1.82, 2.24) is 9.55 Å². The molecule has 2 aromatic heterocycles. The van der Waals surface area contributed by atoms with E-state index < -0.39 is 0 Å². The van der Waals surface area contributed by atoms with Crippen molar-refractivity contribution in [1.29, 1.82) is 0 Å². The summed E-state index contributed by atoms with van der Waals surface area (Å²) in [5.41, 5.74) is 15.1. The highest BCUT2D eigenvalue weighted by Gasteiger charge is 2.32. The number of benzene rings is 6. The van der Waals surface area contributed by atoms with E-state index in [0.29, 0.717) is 6.67 Å². The summed E-state index contributed by atoms with van der Waals surface area (Å²) < 4.78 is 9.65. The Kier molecular flexibility index (Phi) is 11.8. The number of hydrogen-bond donors (Lipinski definition) is 0. The number of hydrogen-bond acceptors (Lipinski definition) is 4. The predicted octanol–water partition coefficient (Wildman–Crippen LogP) is 17.1. The molecule has 0 saturated carbocycles. The van der Waals surface area contributed by atoms with Crippen molar-refractivity contribution in [3.63, 3.8) is 0 Å². The monoisotopic (exact) mass is 913 g/mol. The van der Waals surface area contributed by atoms with Crippen LogP contribution in [-0.4, -0.2) is 16.2 Å². The zero-order valence-corrected chi connectivity index (χ0v) is 43.8. The van der Waals surface area contributed by atoms with Crippen LogP contribution in [0.1, 0.15) is 143 Å². The van der Waals surface area contributed by atoms with E-state index >= 15 is 0 Å². The number of fused-ring (bicyclic) bond motifs is 3. The fourth-order valence-corrected chi connectivity index (χ4v) is 10.2. The van der Waals surface area contributed by atoms with Gasteiger partial charge in [0, 0.05) is 62.7 Å². The molecule has 3 heterocycles. The normalized spacial score (nSPS) is 14.1. The lowest BCUT2D eigenvalue weighted by Crippen LogP contribution is -2.28. The van der Waals surface area contributed by atoms with Gasteiger partial charge in [-0.05, 0) is 118 Å². The first-order chi connectivity index (χ1) is 32.4. The topological polar surface area (TPSA) is 33.5 Å². The number of rotatable bonds is 9. The quantitative estimate of drug-likeness (QED) is 0.144. The highest BCUT2D eigenvalue weighted by molar-refractivity contribution is 6.11. The lowest BCUT2D eigenvalue weighted by Gasteiger charge is -2.31. The molecule has 0 atom stereocenters. The van der Waals surface area contributed by atoms with Gasteiger partial charge in [0.1, 0.15) is 17.3 Å². The van der Waals surface area contributed by atoms with Gasteiger partial charge in [0.15, 0.2) is 0 Å². The Balaban J connectivity index is 1.20. The van der Waals surface area contributed by atoms with Crippen LogP contribution in [0.3, 0.4) is 0 Å². The molecular weight excluding hydrogens is 841 g/mol. The van der Waals surface area contributed by atoms with E-state index in [0.717, 1.165) is 34.0 Å². The van der Waals surface area contributed by atoms with Crippen molar-refractivity contribution < 1.29 is 4.74 Å². The molecule has 1 aliphatic rings. The first kappa shape index (κ1) is 47.5. The van der Waals surface area contributed by atoms with Crippen molar-refractivity contribution >= 4 is 33.2 Å².